The summed E-state index contributed by atoms with van der Waals surface area (Å²) in [4.78, 5) is 49.1. The van der Waals surface area contributed by atoms with Crippen LogP contribution in [0.4, 0.5) is 4.39 Å². The van der Waals surface area contributed by atoms with Crippen molar-refractivity contribution in [3.05, 3.63) is 62.7 Å². The van der Waals surface area contributed by atoms with E-state index in [2.05, 4.69) is 0 Å². The standard InChI is InChI=1S/C22H25FN2O8/c1-3-4-9-31-15-7-5-14(6-8-15)20(28)25-21(29)16(23)11-24(22(25)30)19-10-17(27)18(33-19)12-32-13(2)26/h5-8,11,17-19,27H,3-4,9-10,12H2,1-2H3/t17-,18+,19+/m0/s1. The number of aliphatic hydroxyl groups is 1. The number of aliphatic hydroxyl groups excluding tert-OH is 1. The van der Waals surface area contributed by atoms with E-state index < -0.39 is 47.4 Å². The van der Waals surface area contributed by atoms with Crippen molar-refractivity contribution in [1.29, 1.82) is 0 Å². The number of hydrogen-bond donors (Lipinski definition) is 1. The third kappa shape index (κ3) is 5.55. The minimum Gasteiger partial charge on any atom is -0.494 e. The third-order valence-electron chi connectivity index (χ3n) is 5.11. The summed E-state index contributed by atoms with van der Waals surface area (Å²) in [5, 5.41) is 10.1. The second-order valence-electron chi connectivity index (χ2n) is 7.57. The summed E-state index contributed by atoms with van der Waals surface area (Å²) in [6.07, 6.45) is -0.926. The first kappa shape index (κ1) is 24.3. The maximum Gasteiger partial charge on any atom is 0.340 e. The van der Waals surface area contributed by atoms with Crippen LogP contribution in [0.2, 0.25) is 0 Å². The van der Waals surface area contributed by atoms with Crippen LogP contribution in [0, 0.1) is 5.82 Å². The summed E-state index contributed by atoms with van der Waals surface area (Å²) in [7, 11) is 0. The van der Waals surface area contributed by atoms with Crippen molar-refractivity contribution >= 4 is 11.9 Å². The van der Waals surface area contributed by atoms with Crippen molar-refractivity contribution in [2.45, 2.75) is 51.5 Å². The zero-order valence-electron chi connectivity index (χ0n) is 18.2. The van der Waals surface area contributed by atoms with E-state index in [1.54, 1.807) is 0 Å². The fourth-order valence-corrected chi connectivity index (χ4v) is 3.32. The van der Waals surface area contributed by atoms with Crippen molar-refractivity contribution in [3.63, 3.8) is 0 Å². The third-order valence-corrected chi connectivity index (χ3v) is 5.11. The Kier molecular flexibility index (Phi) is 7.77. The number of rotatable bonds is 8. The van der Waals surface area contributed by atoms with Gasteiger partial charge in [0.05, 0.1) is 18.9 Å². The Hall–Kier alpha value is -3.31. The number of benzene rings is 1. The average molecular weight is 464 g/mol. The summed E-state index contributed by atoms with van der Waals surface area (Å²) in [6.45, 7) is 3.44. The van der Waals surface area contributed by atoms with Crippen LogP contribution in [-0.4, -0.2) is 51.5 Å². The Labute approximate surface area is 188 Å². The van der Waals surface area contributed by atoms with Crippen molar-refractivity contribution in [2.24, 2.45) is 0 Å². The lowest BCUT2D eigenvalue weighted by Crippen LogP contribution is -2.46. The molecule has 1 aliphatic rings. The van der Waals surface area contributed by atoms with Crippen molar-refractivity contribution < 1.29 is 33.3 Å². The molecule has 3 atom stereocenters. The second-order valence-corrected chi connectivity index (χ2v) is 7.57. The Bertz CT molecular complexity index is 1120. The minimum atomic E-state index is -1.40. The molecule has 0 radical (unpaired) electrons. The van der Waals surface area contributed by atoms with Gasteiger partial charge in [-0.25, -0.2) is 4.79 Å². The number of hydrogen-bond acceptors (Lipinski definition) is 8. The van der Waals surface area contributed by atoms with E-state index in [0.29, 0.717) is 18.6 Å². The minimum absolute atomic E-state index is 0.0192. The summed E-state index contributed by atoms with van der Waals surface area (Å²) < 4.78 is 31.1. The van der Waals surface area contributed by atoms with Gasteiger partial charge in [0.1, 0.15) is 24.7 Å². The monoisotopic (exact) mass is 464 g/mol. The SMILES string of the molecule is CCCCOc1ccc(C(=O)n2c(=O)c(F)cn([C@H]3C[C@H](O)[C@@H](COC(C)=O)O3)c2=O)cc1. The molecule has 1 aliphatic heterocycles. The van der Waals surface area contributed by atoms with Gasteiger partial charge in [-0.05, 0) is 30.7 Å². The van der Waals surface area contributed by atoms with Gasteiger partial charge in [-0.2, -0.15) is 8.96 Å². The highest BCUT2D eigenvalue weighted by Crippen LogP contribution is 2.28. The van der Waals surface area contributed by atoms with E-state index in [-0.39, 0.29) is 23.2 Å². The molecule has 0 saturated carbocycles. The first-order valence-electron chi connectivity index (χ1n) is 10.5. The highest BCUT2D eigenvalue weighted by atomic mass is 19.1. The zero-order chi connectivity index (χ0) is 24.1. The highest BCUT2D eigenvalue weighted by Gasteiger charge is 2.37. The van der Waals surface area contributed by atoms with Crippen LogP contribution < -0.4 is 16.0 Å². The van der Waals surface area contributed by atoms with Gasteiger partial charge in [0, 0.05) is 18.9 Å². The normalized spacial score (nSPS) is 19.9. The predicted molar refractivity (Wildman–Crippen MR) is 113 cm³/mol. The van der Waals surface area contributed by atoms with E-state index in [1.165, 1.54) is 31.2 Å². The molecule has 3 rings (SSSR count). The van der Waals surface area contributed by atoms with E-state index in [0.717, 1.165) is 17.4 Å². The Balaban J connectivity index is 1.87. The second kappa shape index (κ2) is 10.5. The van der Waals surface area contributed by atoms with Crippen molar-refractivity contribution in [3.8, 4) is 5.75 Å². The van der Waals surface area contributed by atoms with Crippen LogP contribution in [0.3, 0.4) is 0 Å². The molecule has 0 unspecified atom stereocenters. The first-order chi connectivity index (χ1) is 15.7. The van der Waals surface area contributed by atoms with Gasteiger partial charge in [-0.3, -0.25) is 19.0 Å². The zero-order valence-corrected chi connectivity index (χ0v) is 18.2. The lowest BCUT2D eigenvalue weighted by molar-refractivity contribution is -0.147. The maximum absolute atomic E-state index is 14.4. The maximum atomic E-state index is 14.4. The number of aromatic nitrogens is 2. The van der Waals surface area contributed by atoms with Gasteiger partial charge in [0.2, 0.25) is 5.82 Å². The number of esters is 1. The van der Waals surface area contributed by atoms with E-state index in [9.17, 15) is 28.7 Å². The van der Waals surface area contributed by atoms with Crippen molar-refractivity contribution in [2.75, 3.05) is 13.2 Å². The smallest absolute Gasteiger partial charge is 0.340 e. The number of unbranched alkanes of at least 4 members (excludes halogenated alkanes) is 1. The van der Waals surface area contributed by atoms with Gasteiger partial charge in [-0.1, -0.05) is 13.3 Å². The molecule has 178 valence electrons. The predicted octanol–water partition coefficient (Wildman–Crippen LogP) is 1.23. The molecule has 33 heavy (non-hydrogen) atoms. The van der Waals surface area contributed by atoms with Crippen LogP contribution in [0.5, 0.6) is 5.75 Å². The van der Waals surface area contributed by atoms with Crippen LogP contribution in [0.15, 0.2) is 40.1 Å². The molecular formula is C22H25FN2O8. The average Bonchev–Trinajstić information content (AvgIpc) is 3.15. The number of carbonyl (C=O) groups is 2. The molecular weight excluding hydrogens is 439 g/mol. The largest absolute Gasteiger partial charge is 0.494 e. The molecule has 1 saturated heterocycles. The van der Waals surface area contributed by atoms with Gasteiger partial charge in [0.15, 0.2) is 0 Å². The molecule has 0 aliphatic carbocycles. The van der Waals surface area contributed by atoms with Crippen LogP contribution in [0.25, 0.3) is 0 Å². The number of halogens is 1. The fraction of sp³-hybridized carbons (Fsp3) is 0.455. The van der Waals surface area contributed by atoms with Gasteiger partial charge in [-0.15, -0.1) is 0 Å². The first-order valence-corrected chi connectivity index (χ1v) is 10.5. The molecule has 1 aromatic carbocycles. The van der Waals surface area contributed by atoms with Gasteiger partial charge in [0.25, 0.3) is 11.5 Å². The molecule has 2 heterocycles. The van der Waals surface area contributed by atoms with Crippen LogP contribution in [-0.2, 0) is 14.3 Å². The topological polar surface area (TPSA) is 126 Å². The number of carbonyl (C=O) groups excluding carboxylic acids is 2. The molecule has 1 N–H and O–H groups in total. The summed E-state index contributed by atoms with van der Waals surface area (Å²) >= 11 is 0. The van der Waals surface area contributed by atoms with Gasteiger partial charge >= 0.3 is 11.7 Å². The van der Waals surface area contributed by atoms with Gasteiger partial charge < -0.3 is 19.3 Å². The van der Waals surface area contributed by atoms with E-state index >= 15 is 0 Å². The lowest BCUT2D eigenvalue weighted by atomic mass is 10.2. The summed E-state index contributed by atoms with van der Waals surface area (Å²) in [5.41, 5.74) is -2.55. The van der Waals surface area contributed by atoms with E-state index in [4.69, 9.17) is 14.2 Å². The van der Waals surface area contributed by atoms with Crippen molar-refractivity contribution in [1.82, 2.24) is 9.13 Å². The molecule has 2 aromatic rings. The number of ether oxygens (including phenoxy) is 3. The molecule has 1 aromatic heterocycles. The van der Waals surface area contributed by atoms with E-state index in [1.807, 2.05) is 6.92 Å². The van der Waals surface area contributed by atoms with Crippen LogP contribution >= 0.6 is 0 Å². The molecule has 1 fully saturated rings. The lowest BCUT2D eigenvalue weighted by Gasteiger charge is -2.17. The Morgan fingerprint density at radius 3 is 2.58 bits per heavy atom. The summed E-state index contributed by atoms with van der Waals surface area (Å²) in [5.74, 6) is -2.44. The Morgan fingerprint density at radius 1 is 1.24 bits per heavy atom. The summed E-state index contributed by atoms with van der Waals surface area (Å²) in [6, 6.07) is 5.77. The molecule has 10 nitrogen and oxygen atoms in total. The molecule has 0 spiro atoms. The Morgan fingerprint density at radius 2 is 1.94 bits per heavy atom. The molecule has 11 heteroatoms. The quantitative estimate of drug-likeness (QED) is 0.457. The fourth-order valence-electron chi connectivity index (χ4n) is 3.32. The number of nitrogens with zero attached hydrogens (tertiary/aromatic N) is 2. The molecule has 0 amide bonds. The van der Waals surface area contributed by atoms with Crippen LogP contribution in [0.1, 0.15) is 49.7 Å². The molecule has 0 bridgehead atoms. The highest BCUT2D eigenvalue weighted by molar-refractivity contribution is 5.95.